The molecule has 0 saturated carbocycles. The number of sulfonamides is 1. The number of hydrogen-bond acceptors (Lipinski definition) is 5. The van der Waals surface area contributed by atoms with Gasteiger partial charge in [-0.1, -0.05) is 6.07 Å². The Kier molecular flexibility index (Phi) is 5.83. The molecule has 1 aromatic heterocycles. The summed E-state index contributed by atoms with van der Waals surface area (Å²) in [6.07, 6.45) is 0.814. The molecule has 0 bridgehead atoms. The van der Waals surface area contributed by atoms with Crippen LogP contribution in [0.3, 0.4) is 0 Å². The second-order valence-electron chi connectivity index (χ2n) is 5.77. The zero-order valence-corrected chi connectivity index (χ0v) is 16.3. The minimum Gasteiger partial charge on any atom is -0.326 e. The Bertz CT molecular complexity index is 817. The lowest BCUT2D eigenvalue weighted by Crippen LogP contribution is -2.33. The smallest absolute Gasteiger partial charge is 0.243 e. The lowest BCUT2D eigenvalue weighted by Gasteiger charge is -2.20. The van der Waals surface area contributed by atoms with Gasteiger partial charge in [-0.25, -0.2) is 8.42 Å². The third kappa shape index (κ3) is 4.44. The van der Waals surface area contributed by atoms with Crippen LogP contribution in [0.2, 0.25) is 0 Å². The molecule has 8 heteroatoms. The molecule has 1 aromatic carbocycles. The number of carbonyl (C=O) groups is 1. The van der Waals surface area contributed by atoms with Crippen LogP contribution >= 0.6 is 23.1 Å². The minimum atomic E-state index is -3.51. The summed E-state index contributed by atoms with van der Waals surface area (Å²) in [6.45, 7) is 2.46. The van der Waals surface area contributed by atoms with Gasteiger partial charge in [0.2, 0.25) is 15.9 Å². The van der Waals surface area contributed by atoms with E-state index in [2.05, 4.69) is 16.8 Å². The SMILES string of the molecule is CC(=O)Nc1ccc(S(=O)(=O)N2CCS[C@H](c3cccs3)CC2)cc1. The monoisotopic (exact) mass is 396 g/mol. The van der Waals surface area contributed by atoms with Crippen LogP contribution in [0.25, 0.3) is 0 Å². The lowest BCUT2D eigenvalue weighted by atomic mass is 10.2. The average Bonchev–Trinajstić information content (AvgIpc) is 2.99. The molecule has 1 aliphatic heterocycles. The first-order valence-electron chi connectivity index (χ1n) is 7.99. The van der Waals surface area contributed by atoms with Gasteiger partial charge in [0.15, 0.2) is 0 Å². The highest BCUT2D eigenvalue weighted by Crippen LogP contribution is 2.37. The second-order valence-corrected chi connectivity index (χ2v) is 10.0. The predicted molar refractivity (Wildman–Crippen MR) is 104 cm³/mol. The van der Waals surface area contributed by atoms with Crippen molar-refractivity contribution >= 4 is 44.7 Å². The number of amides is 1. The molecule has 2 heterocycles. The third-order valence-electron chi connectivity index (χ3n) is 3.97. The van der Waals surface area contributed by atoms with Crippen molar-refractivity contribution in [1.29, 1.82) is 0 Å². The number of benzene rings is 1. The Morgan fingerprint density at radius 1 is 1.20 bits per heavy atom. The molecular formula is C17H20N2O3S3. The minimum absolute atomic E-state index is 0.181. The van der Waals surface area contributed by atoms with Gasteiger partial charge in [-0.05, 0) is 42.1 Å². The Morgan fingerprint density at radius 3 is 2.60 bits per heavy atom. The topological polar surface area (TPSA) is 66.5 Å². The molecule has 1 N–H and O–H groups in total. The number of nitrogens with zero attached hydrogens (tertiary/aromatic N) is 1. The zero-order chi connectivity index (χ0) is 17.9. The molecule has 1 atom stereocenters. The normalized spacial score (nSPS) is 19.3. The summed E-state index contributed by atoms with van der Waals surface area (Å²) in [6, 6.07) is 10.5. The molecule has 2 aromatic rings. The molecular weight excluding hydrogens is 376 g/mol. The van der Waals surface area contributed by atoms with Crippen LogP contribution in [-0.4, -0.2) is 37.5 Å². The van der Waals surface area contributed by atoms with Crippen LogP contribution in [0, 0.1) is 0 Å². The fourth-order valence-electron chi connectivity index (χ4n) is 2.75. The van der Waals surface area contributed by atoms with Crippen LogP contribution < -0.4 is 5.32 Å². The fourth-order valence-corrected chi connectivity index (χ4v) is 6.56. The van der Waals surface area contributed by atoms with Crippen LogP contribution in [0.1, 0.15) is 23.5 Å². The van der Waals surface area contributed by atoms with E-state index in [4.69, 9.17) is 0 Å². The van der Waals surface area contributed by atoms with Gasteiger partial charge in [0.1, 0.15) is 0 Å². The molecule has 25 heavy (non-hydrogen) atoms. The average molecular weight is 397 g/mol. The molecule has 134 valence electrons. The first-order valence-corrected chi connectivity index (χ1v) is 11.4. The van der Waals surface area contributed by atoms with E-state index in [0.29, 0.717) is 24.0 Å². The Hall–Kier alpha value is -1.35. The van der Waals surface area contributed by atoms with E-state index >= 15 is 0 Å². The summed E-state index contributed by atoms with van der Waals surface area (Å²) < 4.78 is 27.4. The predicted octanol–water partition coefficient (Wildman–Crippen LogP) is 3.58. The van der Waals surface area contributed by atoms with Crippen LogP contribution in [0.15, 0.2) is 46.7 Å². The molecule has 1 saturated heterocycles. The summed E-state index contributed by atoms with van der Waals surface area (Å²) in [7, 11) is -3.51. The number of thiophene rings is 1. The van der Waals surface area contributed by atoms with Gasteiger partial charge >= 0.3 is 0 Å². The van der Waals surface area contributed by atoms with Crippen molar-refractivity contribution < 1.29 is 13.2 Å². The van der Waals surface area contributed by atoms with Crippen molar-refractivity contribution in [2.24, 2.45) is 0 Å². The molecule has 0 unspecified atom stereocenters. The van der Waals surface area contributed by atoms with Crippen molar-refractivity contribution in [3.8, 4) is 0 Å². The summed E-state index contributed by atoms with van der Waals surface area (Å²) in [5, 5.41) is 5.07. The van der Waals surface area contributed by atoms with Crippen LogP contribution in [0.5, 0.6) is 0 Å². The van der Waals surface area contributed by atoms with E-state index in [0.717, 1.165) is 12.2 Å². The summed E-state index contributed by atoms with van der Waals surface area (Å²) in [5.41, 5.74) is 0.593. The highest BCUT2D eigenvalue weighted by Gasteiger charge is 2.28. The molecule has 1 aliphatic rings. The molecule has 0 aliphatic carbocycles. The number of nitrogens with one attached hydrogen (secondary N) is 1. The van der Waals surface area contributed by atoms with E-state index < -0.39 is 10.0 Å². The first kappa shape index (κ1) is 18.4. The molecule has 3 rings (SSSR count). The number of hydrogen-bond donors (Lipinski definition) is 1. The summed E-state index contributed by atoms with van der Waals surface area (Å²) >= 11 is 3.55. The van der Waals surface area contributed by atoms with Gasteiger partial charge < -0.3 is 5.32 Å². The quantitative estimate of drug-likeness (QED) is 0.858. The standard InChI is InChI=1S/C17H20N2O3S3/c1-13(20)18-14-4-6-15(7-5-14)25(21,22)19-9-8-17(24-12-10-19)16-3-2-11-23-16/h2-7,11,17H,8-10,12H2,1H3,(H,18,20)/t17-/m0/s1. The maximum absolute atomic E-state index is 12.9. The van der Waals surface area contributed by atoms with E-state index in [-0.39, 0.29) is 10.8 Å². The number of carbonyl (C=O) groups excluding carboxylic acids is 1. The maximum atomic E-state index is 12.9. The van der Waals surface area contributed by atoms with E-state index in [1.807, 2.05) is 17.8 Å². The number of thioether (sulfide) groups is 1. The van der Waals surface area contributed by atoms with Gasteiger partial charge in [-0.2, -0.15) is 16.1 Å². The van der Waals surface area contributed by atoms with E-state index in [1.165, 1.54) is 11.8 Å². The van der Waals surface area contributed by atoms with Gasteiger partial charge in [-0.3, -0.25) is 4.79 Å². The fraction of sp³-hybridized carbons (Fsp3) is 0.353. The van der Waals surface area contributed by atoms with Crippen molar-refractivity contribution in [3.63, 3.8) is 0 Å². The number of rotatable bonds is 4. The Morgan fingerprint density at radius 2 is 1.96 bits per heavy atom. The largest absolute Gasteiger partial charge is 0.326 e. The van der Waals surface area contributed by atoms with E-state index in [1.54, 1.807) is 39.9 Å². The van der Waals surface area contributed by atoms with Crippen LogP contribution in [0.4, 0.5) is 5.69 Å². The van der Waals surface area contributed by atoms with Crippen molar-refractivity contribution in [3.05, 3.63) is 46.7 Å². The molecule has 5 nitrogen and oxygen atoms in total. The zero-order valence-electron chi connectivity index (χ0n) is 13.8. The third-order valence-corrected chi connectivity index (χ3v) is 8.33. The van der Waals surface area contributed by atoms with Crippen molar-refractivity contribution in [1.82, 2.24) is 4.31 Å². The van der Waals surface area contributed by atoms with Crippen LogP contribution in [-0.2, 0) is 14.8 Å². The number of anilines is 1. The van der Waals surface area contributed by atoms with Gasteiger partial charge in [0.25, 0.3) is 0 Å². The summed E-state index contributed by atoms with van der Waals surface area (Å²) in [5.74, 6) is 0.603. The molecule has 0 radical (unpaired) electrons. The Balaban J connectivity index is 1.72. The van der Waals surface area contributed by atoms with Crippen molar-refractivity contribution in [2.75, 3.05) is 24.2 Å². The molecule has 1 amide bonds. The summed E-state index contributed by atoms with van der Waals surface area (Å²) in [4.78, 5) is 12.6. The van der Waals surface area contributed by atoms with Gasteiger partial charge in [0, 0.05) is 41.6 Å². The van der Waals surface area contributed by atoms with Gasteiger partial charge in [-0.15, -0.1) is 11.3 Å². The van der Waals surface area contributed by atoms with Crippen molar-refractivity contribution in [2.45, 2.75) is 23.5 Å². The molecule has 0 spiro atoms. The highest BCUT2D eigenvalue weighted by atomic mass is 32.2. The maximum Gasteiger partial charge on any atom is 0.243 e. The van der Waals surface area contributed by atoms with E-state index in [9.17, 15) is 13.2 Å². The van der Waals surface area contributed by atoms with Gasteiger partial charge in [0.05, 0.1) is 4.90 Å². The highest BCUT2D eigenvalue weighted by molar-refractivity contribution is 7.99. The first-order chi connectivity index (χ1) is 12.0. The molecule has 1 fully saturated rings. The lowest BCUT2D eigenvalue weighted by molar-refractivity contribution is -0.114. The Labute approximate surface area is 156 Å². The second kappa shape index (κ2) is 7.90.